The molecular weight excluding hydrogens is 219 g/mol. The number of allylic oxidation sites excluding steroid dienone is 1. The highest BCUT2D eigenvalue weighted by Gasteiger charge is 2.05. The van der Waals surface area contributed by atoms with Crippen LogP contribution in [0.1, 0.15) is 32.3 Å². The minimum absolute atomic E-state index is 0.277. The first-order chi connectivity index (χ1) is 8.17. The topological polar surface area (TPSA) is 26.3 Å². The van der Waals surface area contributed by atoms with Crippen molar-refractivity contribution in [2.45, 2.75) is 26.7 Å². The quantitative estimate of drug-likeness (QED) is 0.577. The highest BCUT2D eigenvalue weighted by molar-refractivity contribution is 5.91. The molecule has 0 atom stereocenters. The third-order valence-electron chi connectivity index (χ3n) is 2.31. The van der Waals surface area contributed by atoms with Crippen molar-refractivity contribution in [3.05, 3.63) is 41.7 Å². The van der Waals surface area contributed by atoms with Crippen LogP contribution in [0.15, 0.2) is 30.3 Å². The molecule has 0 aliphatic carbocycles. The van der Waals surface area contributed by atoms with Crippen LogP contribution in [0.25, 0.3) is 5.57 Å². The van der Waals surface area contributed by atoms with Gasteiger partial charge in [0, 0.05) is 6.08 Å². The van der Waals surface area contributed by atoms with Crippen LogP contribution >= 0.6 is 0 Å². The van der Waals surface area contributed by atoms with E-state index in [1.165, 1.54) is 18.2 Å². The summed E-state index contributed by atoms with van der Waals surface area (Å²) in [5.74, 6) is -0.624. The second-order valence-corrected chi connectivity index (χ2v) is 3.68. The molecule has 0 unspecified atom stereocenters. The van der Waals surface area contributed by atoms with Crippen LogP contribution in [0, 0.1) is 5.82 Å². The minimum atomic E-state index is -0.347. The molecule has 3 heteroatoms. The zero-order valence-electron chi connectivity index (χ0n) is 10.2. The molecule has 2 nitrogen and oxygen atoms in total. The predicted octanol–water partition coefficient (Wildman–Crippen LogP) is 3.57. The molecule has 1 aromatic carbocycles. The maximum absolute atomic E-state index is 12.8. The van der Waals surface area contributed by atoms with E-state index < -0.39 is 0 Å². The highest BCUT2D eigenvalue weighted by atomic mass is 19.1. The molecule has 92 valence electrons. The van der Waals surface area contributed by atoms with Crippen LogP contribution in [-0.2, 0) is 9.53 Å². The van der Waals surface area contributed by atoms with Crippen molar-refractivity contribution in [3.63, 3.8) is 0 Å². The van der Waals surface area contributed by atoms with E-state index in [4.69, 9.17) is 4.74 Å². The zero-order chi connectivity index (χ0) is 12.7. The van der Waals surface area contributed by atoms with E-state index in [2.05, 4.69) is 0 Å². The summed E-state index contributed by atoms with van der Waals surface area (Å²) in [7, 11) is 0. The number of esters is 1. The Kier molecular flexibility index (Phi) is 5.40. The lowest BCUT2D eigenvalue weighted by Crippen LogP contribution is -2.01. The molecule has 1 rings (SSSR count). The summed E-state index contributed by atoms with van der Waals surface area (Å²) in [6.45, 7) is 4.16. The molecule has 1 aromatic rings. The molecule has 0 aliphatic heterocycles. The van der Waals surface area contributed by atoms with Gasteiger partial charge in [-0.2, -0.15) is 0 Å². The molecule has 0 N–H and O–H groups in total. The summed E-state index contributed by atoms with van der Waals surface area (Å²) in [6.07, 6.45) is 3.17. The molecule has 0 spiro atoms. The first-order valence-electron chi connectivity index (χ1n) is 5.80. The van der Waals surface area contributed by atoms with Gasteiger partial charge in [-0.15, -0.1) is 0 Å². The van der Waals surface area contributed by atoms with Crippen molar-refractivity contribution in [1.82, 2.24) is 0 Å². The lowest BCUT2D eigenvalue weighted by atomic mass is 10.0. The summed E-state index contributed by atoms with van der Waals surface area (Å²) in [4.78, 5) is 11.4. The molecule has 0 aromatic heterocycles. The summed E-state index contributed by atoms with van der Waals surface area (Å²) < 4.78 is 17.7. The summed E-state index contributed by atoms with van der Waals surface area (Å²) >= 11 is 0. The Bertz CT molecular complexity index is 393. The fraction of sp³-hybridized carbons (Fsp3) is 0.357. The lowest BCUT2D eigenvalue weighted by Gasteiger charge is -2.06. The Labute approximate surface area is 101 Å². The van der Waals surface area contributed by atoms with Crippen molar-refractivity contribution in [2.75, 3.05) is 6.61 Å². The Hall–Kier alpha value is -1.64. The van der Waals surface area contributed by atoms with Crippen LogP contribution < -0.4 is 0 Å². The van der Waals surface area contributed by atoms with Crippen LogP contribution in [-0.4, -0.2) is 12.6 Å². The van der Waals surface area contributed by atoms with Gasteiger partial charge in [-0.05, 0) is 36.6 Å². The molecule has 0 bridgehead atoms. The molecule has 0 saturated carbocycles. The zero-order valence-corrected chi connectivity index (χ0v) is 10.2. The Morgan fingerprint density at radius 3 is 2.47 bits per heavy atom. The van der Waals surface area contributed by atoms with Gasteiger partial charge in [-0.1, -0.05) is 25.5 Å². The second-order valence-electron chi connectivity index (χ2n) is 3.68. The van der Waals surface area contributed by atoms with Gasteiger partial charge >= 0.3 is 5.97 Å². The SMILES string of the molecule is CCC/C(=C\C(=O)OCC)c1ccc(F)cc1. The number of rotatable bonds is 5. The van der Waals surface area contributed by atoms with Crippen molar-refractivity contribution in [2.24, 2.45) is 0 Å². The van der Waals surface area contributed by atoms with E-state index in [1.54, 1.807) is 19.1 Å². The van der Waals surface area contributed by atoms with Gasteiger partial charge in [0.2, 0.25) is 0 Å². The van der Waals surface area contributed by atoms with Crippen molar-refractivity contribution < 1.29 is 13.9 Å². The van der Waals surface area contributed by atoms with E-state index in [-0.39, 0.29) is 11.8 Å². The molecule has 0 saturated heterocycles. The Morgan fingerprint density at radius 1 is 1.29 bits per heavy atom. The molecule has 0 amide bonds. The summed E-state index contributed by atoms with van der Waals surface area (Å²) in [6, 6.07) is 6.14. The van der Waals surface area contributed by atoms with Crippen molar-refractivity contribution >= 4 is 11.5 Å². The van der Waals surface area contributed by atoms with E-state index in [0.717, 1.165) is 24.0 Å². The third kappa shape index (κ3) is 4.39. The number of carbonyl (C=O) groups excluding carboxylic acids is 1. The number of hydrogen-bond acceptors (Lipinski definition) is 2. The van der Waals surface area contributed by atoms with E-state index in [1.807, 2.05) is 6.92 Å². The minimum Gasteiger partial charge on any atom is -0.463 e. The average molecular weight is 236 g/mol. The lowest BCUT2D eigenvalue weighted by molar-refractivity contribution is -0.137. The van der Waals surface area contributed by atoms with Crippen LogP contribution in [0.2, 0.25) is 0 Å². The van der Waals surface area contributed by atoms with Gasteiger partial charge in [0.25, 0.3) is 0 Å². The fourth-order valence-corrected chi connectivity index (χ4v) is 1.56. The van der Waals surface area contributed by atoms with Gasteiger partial charge in [-0.3, -0.25) is 0 Å². The number of ether oxygens (including phenoxy) is 1. The Morgan fingerprint density at radius 2 is 1.94 bits per heavy atom. The fourth-order valence-electron chi connectivity index (χ4n) is 1.56. The first kappa shape index (κ1) is 13.4. The number of halogens is 1. The summed E-state index contributed by atoms with van der Waals surface area (Å²) in [5, 5.41) is 0. The molecular formula is C14H17FO2. The monoisotopic (exact) mass is 236 g/mol. The maximum atomic E-state index is 12.8. The third-order valence-corrected chi connectivity index (χ3v) is 2.31. The molecule has 0 radical (unpaired) electrons. The predicted molar refractivity (Wildman–Crippen MR) is 65.9 cm³/mol. The van der Waals surface area contributed by atoms with Gasteiger partial charge in [-0.25, -0.2) is 9.18 Å². The van der Waals surface area contributed by atoms with Crippen LogP contribution in [0.5, 0.6) is 0 Å². The van der Waals surface area contributed by atoms with Gasteiger partial charge in [0.1, 0.15) is 5.82 Å². The maximum Gasteiger partial charge on any atom is 0.331 e. The van der Waals surface area contributed by atoms with Crippen LogP contribution in [0.3, 0.4) is 0 Å². The van der Waals surface area contributed by atoms with E-state index in [9.17, 15) is 9.18 Å². The molecule has 0 fully saturated rings. The number of carbonyl (C=O) groups is 1. The second kappa shape index (κ2) is 6.84. The average Bonchev–Trinajstić information content (AvgIpc) is 2.30. The number of hydrogen-bond donors (Lipinski definition) is 0. The molecule has 17 heavy (non-hydrogen) atoms. The van der Waals surface area contributed by atoms with Crippen molar-refractivity contribution in [3.8, 4) is 0 Å². The largest absolute Gasteiger partial charge is 0.463 e. The van der Waals surface area contributed by atoms with E-state index in [0.29, 0.717) is 6.61 Å². The number of benzene rings is 1. The highest BCUT2D eigenvalue weighted by Crippen LogP contribution is 2.20. The van der Waals surface area contributed by atoms with Crippen molar-refractivity contribution in [1.29, 1.82) is 0 Å². The Balaban J connectivity index is 2.92. The van der Waals surface area contributed by atoms with Gasteiger partial charge < -0.3 is 4.74 Å². The summed E-state index contributed by atoms with van der Waals surface area (Å²) in [5.41, 5.74) is 1.74. The first-order valence-corrected chi connectivity index (χ1v) is 5.80. The van der Waals surface area contributed by atoms with E-state index >= 15 is 0 Å². The molecule has 0 aliphatic rings. The van der Waals surface area contributed by atoms with Gasteiger partial charge in [0.05, 0.1) is 6.61 Å². The smallest absolute Gasteiger partial charge is 0.331 e. The normalized spacial score (nSPS) is 11.4. The standard InChI is InChI=1S/C14H17FO2/c1-3-5-12(10-14(16)17-4-2)11-6-8-13(15)9-7-11/h6-10H,3-5H2,1-2H3/b12-10+. The van der Waals surface area contributed by atoms with Crippen LogP contribution in [0.4, 0.5) is 4.39 Å². The molecule has 0 heterocycles. The van der Waals surface area contributed by atoms with Gasteiger partial charge in [0.15, 0.2) is 0 Å².